The summed E-state index contributed by atoms with van der Waals surface area (Å²) in [6.07, 6.45) is 0.420. The first-order valence-corrected chi connectivity index (χ1v) is 11.6. The lowest BCUT2D eigenvalue weighted by Crippen LogP contribution is -2.41. The number of aliphatic carboxylic acids is 2. The van der Waals surface area contributed by atoms with Gasteiger partial charge in [0.2, 0.25) is 0 Å². The van der Waals surface area contributed by atoms with Crippen molar-refractivity contribution >= 4 is 45.0 Å². The Morgan fingerprint density at radius 2 is 1.91 bits per heavy atom. The second-order valence-electron chi connectivity index (χ2n) is 8.08. The number of fused-ring (bicyclic) bond motifs is 1. The van der Waals surface area contributed by atoms with Gasteiger partial charge in [-0.25, -0.2) is 0 Å². The minimum Gasteiger partial charge on any atom is -0.489 e. The van der Waals surface area contributed by atoms with Gasteiger partial charge in [0.25, 0.3) is 0 Å². The Balaban J connectivity index is 1.71. The van der Waals surface area contributed by atoms with Crippen molar-refractivity contribution in [1.29, 1.82) is 0 Å². The van der Waals surface area contributed by atoms with Crippen molar-refractivity contribution in [2.75, 3.05) is 6.54 Å². The van der Waals surface area contributed by atoms with Crippen LogP contribution in [0.3, 0.4) is 0 Å². The van der Waals surface area contributed by atoms with E-state index in [9.17, 15) is 19.8 Å². The SMILES string of the molecule is CC(C)CC(NCC(C(=O)O)c1cccc(OCc2csc3ccc(Cl)cc23)c1)C(=O)O. The van der Waals surface area contributed by atoms with Gasteiger partial charge in [-0.05, 0) is 53.6 Å². The number of thiophene rings is 1. The van der Waals surface area contributed by atoms with E-state index in [0.29, 0.717) is 29.4 Å². The zero-order valence-corrected chi connectivity index (χ0v) is 19.4. The highest BCUT2D eigenvalue weighted by atomic mass is 35.5. The number of ether oxygens (including phenoxy) is 1. The lowest BCUT2D eigenvalue weighted by molar-refractivity contribution is -0.142. The summed E-state index contributed by atoms with van der Waals surface area (Å²) in [6.45, 7) is 4.20. The standard InChI is InChI=1S/C24H26ClNO5S/c1-14(2)8-21(24(29)30)26-11-20(23(27)28)15-4-3-5-18(9-15)31-12-16-13-32-22-7-6-17(25)10-19(16)22/h3-7,9-10,13-14,20-21,26H,8,11-12H2,1-2H3,(H,27,28)(H,29,30). The summed E-state index contributed by atoms with van der Waals surface area (Å²) in [4.78, 5) is 23.4. The first-order chi connectivity index (χ1) is 15.2. The van der Waals surface area contributed by atoms with Crippen LogP contribution in [-0.2, 0) is 16.2 Å². The number of nitrogens with one attached hydrogen (secondary N) is 1. The molecule has 170 valence electrons. The third-order valence-electron chi connectivity index (χ3n) is 5.14. The van der Waals surface area contributed by atoms with Crippen LogP contribution in [0.4, 0.5) is 0 Å². The predicted molar refractivity (Wildman–Crippen MR) is 127 cm³/mol. The van der Waals surface area contributed by atoms with Crippen LogP contribution in [0.1, 0.15) is 37.3 Å². The van der Waals surface area contributed by atoms with E-state index in [2.05, 4.69) is 5.32 Å². The molecule has 0 spiro atoms. The first-order valence-electron chi connectivity index (χ1n) is 10.3. The van der Waals surface area contributed by atoms with E-state index in [0.717, 1.165) is 15.6 Å². The fourth-order valence-corrected chi connectivity index (χ4v) is 4.60. The highest BCUT2D eigenvalue weighted by Gasteiger charge is 2.25. The Morgan fingerprint density at radius 3 is 2.59 bits per heavy atom. The average molecular weight is 476 g/mol. The zero-order chi connectivity index (χ0) is 23.3. The molecule has 6 nitrogen and oxygen atoms in total. The topological polar surface area (TPSA) is 95.9 Å². The average Bonchev–Trinajstić information content (AvgIpc) is 3.13. The number of carbonyl (C=O) groups is 2. The minimum atomic E-state index is -1.03. The van der Waals surface area contributed by atoms with Gasteiger partial charge in [0.05, 0.1) is 5.92 Å². The third-order valence-corrected chi connectivity index (χ3v) is 6.39. The van der Waals surface area contributed by atoms with Gasteiger partial charge < -0.3 is 20.3 Å². The maximum absolute atomic E-state index is 11.9. The molecule has 8 heteroatoms. The lowest BCUT2D eigenvalue weighted by Gasteiger charge is -2.20. The highest BCUT2D eigenvalue weighted by Crippen LogP contribution is 2.30. The largest absolute Gasteiger partial charge is 0.489 e. The van der Waals surface area contributed by atoms with Crippen molar-refractivity contribution in [1.82, 2.24) is 5.32 Å². The van der Waals surface area contributed by atoms with Crippen LogP contribution in [0.5, 0.6) is 5.75 Å². The molecule has 32 heavy (non-hydrogen) atoms. The molecule has 2 atom stereocenters. The van der Waals surface area contributed by atoms with E-state index < -0.39 is 23.9 Å². The summed E-state index contributed by atoms with van der Waals surface area (Å²) in [5, 5.41) is 25.8. The Hall–Kier alpha value is -2.61. The normalized spacial score (nSPS) is 13.2. The van der Waals surface area contributed by atoms with E-state index in [-0.39, 0.29) is 12.5 Å². The fourth-order valence-electron chi connectivity index (χ4n) is 3.50. The molecule has 3 N–H and O–H groups in total. The molecule has 0 amide bonds. The molecule has 3 rings (SSSR count). The van der Waals surface area contributed by atoms with Crippen molar-refractivity contribution in [2.45, 2.75) is 38.8 Å². The van der Waals surface area contributed by atoms with E-state index >= 15 is 0 Å². The van der Waals surface area contributed by atoms with Gasteiger partial charge in [-0.15, -0.1) is 11.3 Å². The summed E-state index contributed by atoms with van der Waals surface area (Å²) < 4.78 is 7.06. The van der Waals surface area contributed by atoms with E-state index in [1.54, 1.807) is 35.6 Å². The lowest BCUT2D eigenvalue weighted by atomic mass is 9.97. The van der Waals surface area contributed by atoms with Crippen LogP contribution in [0.2, 0.25) is 5.02 Å². The maximum atomic E-state index is 11.9. The van der Waals surface area contributed by atoms with Crippen molar-refractivity contribution in [2.24, 2.45) is 5.92 Å². The Morgan fingerprint density at radius 1 is 1.12 bits per heavy atom. The van der Waals surface area contributed by atoms with Crippen LogP contribution < -0.4 is 10.1 Å². The molecule has 1 aromatic heterocycles. The minimum absolute atomic E-state index is 0.0101. The summed E-state index contributed by atoms with van der Waals surface area (Å²) in [5.74, 6) is -2.18. The van der Waals surface area contributed by atoms with Crippen LogP contribution in [0.15, 0.2) is 47.8 Å². The summed E-state index contributed by atoms with van der Waals surface area (Å²) >= 11 is 7.73. The van der Waals surface area contributed by atoms with Crippen molar-refractivity contribution in [3.05, 3.63) is 64.0 Å². The van der Waals surface area contributed by atoms with Gasteiger partial charge in [0, 0.05) is 27.2 Å². The molecule has 0 aliphatic rings. The predicted octanol–water partition coefficient (Wildman–Crippen LogP) is 5.39. The van der Waals surface area contributed by atoms with Gasteiger partial charge in [-0.3, -0.25) is 9.59 Å². The molecule has 0 fully saturated rings. The molecule has 0 aliphatic heterocycles. The number of carboxylic acid groups (broad SMARTS) is 2. The molecule has 0 bridgehead atoms. The molecule has 1 heterocycles. The van der Waals surface area contributed by atoms with Crippen LogP contribution in [0.25, 0.3) is 10.1 Å². The van der Waals surface area contributed by atoms with Gasteiger partial charge in [0.1, 0.15) is 18.4 Å². The summed E-state index contributed by atoms with van der Waals surface area (Å²) in [7, 11) is 0. The van der Waals surface area contributed by atoms with Crippen molar-refractivity contribution in [3.8, 4) is 5.75 Å². The summed E-state index contributed by atoms with van der Waals surface area (Å²) in [6, 6.07) is 11.9. The van der Waals surface area contributed by atoms with Crippen molar-refractivity contribution < 1.29 is 24.5 Å². The van der Waals surface area contributed by atoms with E-state index in [1.807, 2.05) is 37.4 Å². The molecule has 2 unspecified atom stereocenters. The molecule has 2 aromatic carbocycles. The summed E-state index contributed by atoms with van der Waals surface area (Å²) in [5.41, 5.74) is 1.56. The monoisotopic (exact) mass is 475 g/mol. The van der Waals surface area contributed by atoms with E-state index in [1.165, 1.54) is 0 Å². The second-order valence-corrected chi connectivity index (χ2v) is 9.43. The van der Waals surface area contributed by atoms with Gasteiger partial charge in [-0.1, -0.05) is 37.6 Å². The molecule has 0 saturated heterocycles. The Labute approximate surface area is 195 Å². The number of rotatable bonds is 11. The first kappa shape index (κ1) is 24.0. The van der Waals surface area contributed by atoms with Crippen LogP contribution in [0, 0.1) is 5.92 Å². The fraction of sp³-hybridized carbons (Fsp3) is 0.333. The second kappa shape index (κ2) is 10.8. The molecule has 0 saturated carbocycles. The van der Waals surface area contributed by atoms with Gasteiger partial charge in [-0.2, -0.15) is 0 Å². The van der Waals surface area contributed by atoms with E-state index in [4.69, 9.17) is 16.3 Å². The molecule has 3 aromatic rings. The van der Waals surface area contributed by atoms with Crippen LogP contribution in [-0.4, -0.2) is 34.7 Å². The van der Waals surface area contributed by atoms with Gasteiger partial charge in [0.15, 0.2) is 0 Å². The highest BCUT2D eigenvalue weighted by molar-refractivity contribution is 7.17. The number of hydrogen-bond donors (Lipinski definition) is 3. The molecular formula is C24H26ClNO5S. The zero-order valence-electron chi connectivity index (χ0n) is 17.9. The third kappa shape index (κ3) is 6.22. The number of benzene rings is 2. The van der Waals surface area contributed by atoms with Crippen LogP contribution >= 0.6 is 22.9 Å². The van der Waals surface area contributed by atoms with Crippen molar-refractivity contribution in [3.63, 3.8) is 0 Å². The Kier molecular flexibility index (Phi) is 8.12. The number of halogens is 1. The molecular weight excluding hydrogens is 450 g/mol. The number of carboxylic acids is 2. The quantitative estimate of drug-likeness (QED) is 0.344. The smallest absolute Gasteiger partial charge is 0.320 e. The number of hydrogen-bond acceptors (Lipinski definition) is 5. The molecule has 0 radical (unpaired) electrons. The molecule has 0 aliphatic carbocycles. The Bertz CT molecular complexity index is 1100. The van der Waals surface area contributed by atoms with Gasteiger partial charge >= 0.3 is 11.9 Å². The maximum Gasteiger partial charge on any atom is 0.320 e.